The number of rotatable bonds is 1. The van der Waals surface area contributed by atoms with Gasteiger partial charge in [0.15, 0.2) is 6.04 Å². The van der Waals surface area contributed by atoms with E-state index in [1.807, 2.05) is 0 Å². The van der Waals surface area contributed by atoms with Gasteiger partial charge in [0.2, 0.25) is 5.91 Å². The average Bonchev–Trinajstić information content (AvgIpc) is 1.85. The highest BCUT2D eigenvalue weighted by molar-refractivity contribution is 9.10. The highest BCUT2D eigenvalue weighted by Crippen LogP contribution is 2.22. The molecule has 4 N–H and O–H groups in total. The Labute approximate surface area is 72.5 Å². The Balaban J connectivity index is 2.89. The second-order valence-corrected chi connectivity index (χ2v) is 3.66. The third-order valence-electron chi connectivity index (χ3n) is 1.36. The van der Waals surface area contributed by atoms with Gasteiger partial charge in [-0.15, -0.1) is 0 Å². The number of primary amides is 1. The van der Waals surface area contributed by atoms with Gasteiger partial charge in [-0.25, -0.2) is 0 Å². The van der Waals surface area contributed by atoms with Gasteiger partial charge < -0.3 is 11.5 Å². The molecule has 4 nitrogen and oxygen atoms in total. The van der Waals surface area contributed by atoms with Crippen molar-refractivity contribution >= 4 is 28.1 Å². The molecule has 1 aliphatic heterocycles. The molecule has 11 heavy (non-hydrogen) atoms. The van der Waals surface area contributed by atoms with Crippen molar-refractivity contribution in [2.24, 2.45) is 16.5 Å². The minimum atomic E-state index is -0.923. The summed E-state index contributed by atoms with van der Waals surface area (Å²) in [4.78, 5) is 14.6. The lowest BCUT2D eigenvalue weighted by atomic mass is 10.1. The molecule has 0 fully saturated rings. The molecule has 1 aliphatic rings. The number of halogens is 1. The molecular weight excluding hydrogens is 210 g/mol. The van der Waals surface area contributed by atoms with Gasteiger partial charge in [0.1, 0.15) is 4.45 Å². The molecule has 0 bridgehead atoms. The number of nitrogens with two attached hydrogens (primary N) is 2. The van der Waals surface area contributed by atoms with E-state index in [4.69, 9.17) is 11.5 Å². The first-order chi connectivity index (χ1) is 5.04. The fourth-order valence-electron chi connectivity index (χ4n) is 0.823. The van der Waals surface area contributed by atoms with Crippen molar-refractivity contribution in [1.29, 1.82) is 0 Å². The van der Waals surface area contributed by atoms with Gasteiger partial charge in [-0.1, -0.05) is 15.9 Å². The van der Waals surface area contributed by atoms with Crippen molar-refractivity contribution in [3.8, 4) is 0 Å². The molecule has 0 aromatic heterocycles. The quantitative estimate of drug-likeness (QED) is 0.460. The fraction of sp³-hybridized carbons (Fsp3) is 0.333. The molecule has 1 rings (SSSR count). The summed E-state index contributed by atoms with van der Waals surface area (Å²) in [5.41, 5.74) is 10.7. The van der Waals surface area contributed by atoms with Crippen molar-refractivity contribution in [3.63, 3.8) is 0 Å². The van der Waals surface area contributed by atoms with E-state index in [1.54, 1.807) is 12.2 Å². The van der Waals surface area contributed by atoms with Gasteiger partial charge >= 0.3 is 0 Å². The maximum atomic E-state index is 10.7. The van der Waals surface area contributed by atoms with Gasteiger partial charge in [-0.2, -0.15) is 0 Å². The van der Waals surface area contributed by atoms with E-state index in [1.165, 1.54) is 6.21 Å². The number of amides is 1. The lowest BCUT2D eigenvalue weighted by Gasteiger charge is -2.25. The van der Waals surface area contributed by atoms with E-state index >= 15 is 0 Å². The van der Waals surface area contributed by atoms with Crippen molar-refractivity contribution in [3.05, 3.63) is 12.2 Å². The predicted molar refractivity (Wildman–Crippen MR) is 46.5 cm³/mol. The number of carbonyl (C=O) groups excluding carboxylic acids is 1. The highest BCUT2D eigenvalue weighted by Gasteiger charge is 2.34. The normalized spacial score (nSPS) is 35.6. The Kier molecular flexibility index (Phi) is 2.10. The minimum Gasteiger partial charge on any atom is -0.368 e. The number of aliphatic imine (C=N–C) groups is 1. The van der Waals surface area contributed by atoms with Crippen LogP contribution in [0.3, 0.4) is 0 Å². The van der Waals surface area contributed by atoms with Gasteiger partial charge in [-0.3, -0.25) is 9.79 Å². The molecule has 1 amide bonds. The van der Waals surface area contributed by atoms with E-state index in [9.17, 15) is 4.79 Å². The van der Waals surface area contributed by atoms with Crippen LogP contribution >= 0.6 is 15.9 Å². The van der Waals surface area contributed by atoms with E-state index < -0.39 is 16.4 Å². The summed E-state index contributed by atoms with van der Waals surface area (Å²) in [6.07, 6.45) is 4.80. The Morgan fingerprint density at radius 2 is 2.36 bits per heavy atom. The van der Waals surface area contributed by atoms with Crippen LogP contribution in [0.15, 0.2) is 17.1 Å². The van der Waals surface area contributed by atoms with Crippen LogP contribution in [0.5, 0.6) is 0 Å². The minimum absolute atomic E-state index is 0.537. The molecule has 0 aliphatic carbocycles. The summed E-state index contributed by atoms with van der Waals surface area (Å²) in [5, 5.41) is 0. The molecule has 0 spiro atoms. The van der Waals surface area contributed by atoms with Crippen molar-refractivity contribution in [2.75, 3.05) is 0 Å². The van der Waals surface area contributed by atoms with E-state index in [0.717, 1.165) is 0 Å². The summed E-state index contributed by atoms with van der Waals surface area (Å²) in [6.45, 7) is 0. The molecule has 0 saturated heterocycles. The molecule has 2 atom stereocenters. The second-order valence-electron chi connectivity index (χ2n) is 2.29. The summed E-state index contributed by atoms with van der Waals surface area (Å²) < 4.78 is -0.923. The van der Waals surface area contributed by atoms with Crippen LogP contribution in [0.1, 0.15) is 0 Å². The molecular formula is C6H8BrN3O. The van der Waals surface area contributed by atoms with Crippen LogP contribution in [0, 0.1) is 0 Å². The molecule has 1 heterocycles. The molecule has 0 aromatic rings. The van der Waals surface area contributed by atoms with E-state index in [-0.39, 0.29) is 0 Å². The number of nitrogens with zero attached hydrogens (tertiary/aromatic N) is 1. The first kappa shape index (κ1) is 8.42. The first-order valence-electron chi connectivity index (χ1n) is 3.02. The van der Waals surface area contributed by atoms with Crippen molar-refractivity contribution in [1.82, 2.24) is 0 Å². The zero-order valence-corrected chi connectivity index (χ0v) is 7.28. The number of carbonyl (C=O) groups is 1. The summed E-state index contributed by atoms with van der Waals surface area (Å²) in [7, 11) is 0. The predicted octanol–water partition coefficient (Wildman–Crippen LogP) is -0.469. The molecule has 0 saturated carbocycles. The van der Waals surface area contributed by atoms with Crippen LogP contribution < -0.4 is 11.5 Å². The highest BCUT2D eigenvalue weighted by atomic mass is 79.9. The molecule has 2 unspecified atom stereocenters. The van der Waals surface area contributed by atoms with Gasteiger partial charge in [-0.05, 0) is 12.2 Å². The van der Waals surface area contributed by atoms with Gasteiger partial charge in [0.25, 0.3) is 0 Å². The van der Waals surface area contributed by atoms with Gasteiger partial charge in [0.05, 0.1) is 0 Å². The number of dihydropyridines is 1. The number of allylic oxidation sites excluding steroid dienone is 1. The summed E-state index contributed by atoms with van der Waals surface area (Å²) in [5.74, 6) is -0.537. The Morgan fingerprint density at radius 1 is 1.73 bits per heavy atom. The smallest absolute Gasteiger partial charge is 0.245 e. The molecule has 0 radical (unpaired) electrons. The van der Waals surface area contributed by atoms with Gasteiger partial charge in [0, 0.05) is 6.21 Å². The van der Waals surface area contributed by atoms with Crippen molar-refractivity contribution in [2.45, 2.75) is 10.5 Å². The number of alkyl halides is 1. The third kappa shape index (κ3) is 1.66. The Morgan fingerprint density at radius 3 is 2.73 bits per heavy atom. The van der Waals surface area contributed by atoms with Crippen LogP contribution in [0.2, 0.25) is 0 Å². The fourth-order valence-corrected chi connectivity index (χ4v) is 1.32. The van der Waals surface area contributed by atoms with Crippen LogP contribution in [0.25, 0.3) is 0 Å². The number of hydrogen-bond acceptors (Lipinski definition) is 3. The third-order valence-corrected chi connectivity index (χ3v) is 2.06. The average molecular weight is 218 g/mol. The monoisotopic (exact) mass is 217 g/mol. The molecule has 5 heteroatoms. The first-order valence-corrected chi connectivity index (χ1v) is 3.81. The maximum absolute atomic E-state index is 10.7. The SMILES string of the molecule is NC(=O)C1N=CC=CC1(N)Br. The zero-order chi connectivity index (χ0) is 8.48. The lowest BCUT2D eigenvalue weighted by Crippen LogP contribution is -2.50. The molecule has 60 valence electrons. The second kappa shape index (κ2) is 2.75. The topological polar surface area (TPSA) is 81.5 Å². The Hall–Kier alpha value is -0.680. The Bertz CT molecular complexity index is 234. The van der Waals surface area contributed by atoms with E-state index in [2.05, 4.69) is 20.9 Å². The lowest BCUT2D eigenvalue weighted by molar-refractivity contribution is -0.119. The molecule has 0 aromatic carbocycles. The zero-order valence-electron chi connectivity index (χ0n) is 5.70. The van der Waals surface area contributed by atoms with Crippen LogP contribution in [-0.4, -0.2) is 22.6 Å². The summed E-state index contributed by atoms with van der Waals surface area (Å²) in [6, 6.07) is -0.715. The standard InChI is InChI=1S/C6H8BrN3O/c7-6(9)2-1-3-10-4(6)5(8)11/h1-4H,9H2,(H2,8,11). The maximum Gasteiger partial charge on any atom is 0.245 e. The largest absolute Gasteiger partial charge is 0.368 e. The van der Waals surface area contributed by atoms with Crippen molar-refractivity contribution < 1.29 is 4.79 Å². The number of hydrogen-bond donors (Lipinski definition) is 2. The van der Waals surface area contributed by atoms with E-state index in [0.29, 0.717) is 0 Å². The van der Waals surface area contributed by atoms with Crippen LogP contribution in [-0.2, 0) is 4.79 Å². The summed E-state index contributed by atoms with van der Waals surface area (Å²) >= 11 is 3.14. The van der Waals surface area contributed by atoms with Crippen LogP contribution in [0.4, 0.5) is 0 Å².